The maximum absolute atomic E-state index is 12.1. The monoisotopic (exact) mass is 293 g/mol. The zero-order valence-corrected chi connectivity index (χ0v) is 12.1. The van der Waals surface area contributed by atoms with E-state index in [0.29, 0.717) is 24.5 Å². The molecule has 1 aliphatic heterocycles. The molecule has 2 atom stereocenters. The van der Waals surface area contributed by atoms with Gasteiger partial charge in [-0.1, -0.05) is 18.2 Å². The number of aliphatic carboxylic acids is 1. The van der Waals surface area contributed by atoms with E-state index >= 15 is 0 Å². The maximum Gasteiger partial charge on any atom is 0.309 e. The summed E-state index contributed by atoms with van der Waals surface area (Å²) in [7, 11) is 3.08. The van der Waals surface area contributed by atoms with Crippen LogP contribution in [0, 0.1) is 5.92 Å². The third kappa shape index (κ3) is 3.00. The zero-order chi connectivity index (χ0) is 15.4. The quantitative estimate of drug-likeness (QED) is 0.856. The number of hydrogen-bond donors (Lipinski definition) is 1. The Kier molecular flexibility index (Phi) is 4.80. The number of ether oxygens (including phenoxy) is 2. The highest BCUT2D eigenvalue weighted by Crippen LogP contribution is 2.41. The van der Waals surface area contributed by atoms with Gasteiger partial charge in [0.05, 0.1) is 25.7 Å². The van der Waals surface area contributed by atoms with Gasteiger partial charge in [0.15, 0.2) is 0 Å². The molecular weight excluding hydrogens is 274 g/mol. The van der Waals surface area contributed by atoms with E-state index in [-0.39, 0.29) is 12.3 Å². The molecule has 0 aromatic heterocycles. The second-order valence-electron chi connectivity index (χ2n) is 4.92. The number of hydrogen-bond acceptors (Lipinski definition) is 4. The molecule has 1 aromatic rings. The molecule has 0 saturated carbocycles. The molecule has 2 rings (SSSR count). The number of para-hydroxylation sites is 1. The van der Waals surface area contributed by atoms with Gasteiger partial charge < -0.3 is 19.5 Å². The van der Waals surface area contributed by atoms with E-state index in [9.17, 15) is 14.7 Å². The lowest BCUT2D eigenvalue weighted by atomic mass is 9.93. The molecule has 1 aromatic carbocycles. The molecule has 0 bridgehead atoms. The van der Waals surface area contributed by atoms with Crippen molar-refractivity contribution in [1.29, 1.82) is 0 Å². The molecule has 1 fully saturated rings. The minimum atomic E-state index is -0.973. The van der Waals surface area contributed by atoms with Crippen LogP contribution in [0.15, 0.2) is 24.3 Å². The lowest BCUT2D eigenvalue weighted by Crippen LogP contribution is -2.33. The van der Waals surface area contributed by atoms with Gasteiger partial charge in [-0.05, 0) is 6.07 Å². The molecule has 1 heterocycles. The first-order valence-electron chi connectivity index (χ1n) is 6.74. The summed E-state index contributed by atoms with van der Waals surface area (Å²) in [4.78, 5) is 25.2. The number of carbonyl (C=O) groups excluding carboxylic acids is 1. The van der Waals surface area contributed by atoms with Gasteiger partial charge in [0.25, 0.3) is 0 Å². The largest absolute Gasteiger partial charge is 0.496 e. The first-order valence-corrected chi connectivity index (χ1v) is 6.74. The summed E-state index contributed by atoms with van der Waals surface area (Å²) in [6, 6.07) is 6.67. The van der Waals surface area contributed by atoms with Crippen molar-refractivity contribution in [2.24, 2.45) is 5.92 Å². The number of likely N-dealkylation sites (tertiary alicyclic amines) is 1. The topological polar surface area (TPSA) is 76.1 Å². The van der Waals surface area contributed by atoms with Crippen molar-refractivity contribution in [2.45, 2.75) is 12.5 Å². The van der Waals surface area contributed by atoms with Crippen molar-refractivity contribution >= 4 is 11.9 Å². The zero-order valence-electron chi connectivity index (χ0n) is 12.1. The fourth-order valence-electron chi connectivity index (χ4n) is 2.76. The van der Waals surface area contributed by atoms with Crippen LogP contribution < -0.4 is 4.74 Å². The Morgan fingerprint density at radius 1 is 1.38 bits per heavy atom. The number of carboxylic acid groups (broad SMARTS) is 1. The Hall–Kier alpha value is -2.08. The summed E-state index contributed by atoms with van der Waals surface area (Å²) < 4.78 is 10.3. The molecule has 21 heavy (non-hydrogen) atoms. The summed E-state index contributed by atoms with van der Waals surface area (Å²) in [5.74, 6) is -1.33. The van der Waals surface area contributed by atoms with E-state index in [1.807, 2.05) is 12.1 Å². The second-order valence-corrected chi connectivity index (χ2v) is 4.92. The maximum atomic E-state index is 12.1. The van der Waals surface area contributed by atoms with E-state index in [4.69, 9.17) is 9.47 Å². The van der Waals surface area contributed by atoms with Crippen molar-refractivity contribution in [3.05, 3.63) is 29.8 Å². The van der Waals surface area contributed by atoms with Crippen LogP contribution in [0.2, 0.25) is 0 Å². The molecule has 0 aliphatic carbocycles. The van der Waals surface area contributed by atoms with E-state index < -0.39 is 17.9 Å². The predicted molar refractivity (Wildman–Crippen MR) is 75.1 cm³/mol. The van der Waals surface area contributed by atoms with Gasteiger partial charge in [0, 0.05) is 25.6 Å². The SMILES string of the molecule is COCCN1C(=O)C[C@@H](C(=O)O)[C@@H]1c1ccccc1OC. The van der Waals surface area contributed by atoms with Gasteiger partial charge >= 0.3 is 5.97 Å². The number of amides is 1. The molecule has 0 radical (unpaired) electrons. The molecule has 1 aliphatic rings. The van der Waals surface area contributed by atoms with Gasteiger partial charge in [0.2, 0.25) is 5.91 Å². The van der Waals surface area contributed by atoms with Crippen LogP contribution >= 0.6 is 0 Å². The minimum absolute atomic E-state index is 0.00175. The summed E-state index contributed by atoms with van der Waals surface area (Å²) >= 11 is 0. The van der Waals surface area contributed by atoms with E-state index in [2.05, 4.69) is 0 Å². The van der Waals surface area contributed by atoms with Gasteiger partial charge in [0.1, 0.15) is 5.75 Å². The number of nitrogens with zero attached hydrogens (tertiary/aromatic N) is 1. The van der Waals surface area contributed by atoms with Gasteiger partial charge in [-0.25, -0.2) is 0 Å². The third-order valence-corrected chi connectivity index (χ3v) is 3.74. The normalized spacial score (nSPS) is 21.6. The van der Waals surface area contributed by atoms with Gasteiger partial charge in [-0.15, -0.1) is 0 Å². The second kappa shape index (κ2) is 6.58. The summed E-state index contributed by atoms with van der Waals surface area (Å²) in [5, 5.41) is 9.42. The molecular formula is C15H19NO5. The molecule has 1 amide bonds. The Morgan fingerprint density at radius 3 is 2.71 bits per heavy atom. The number of carboxylic acids is 1. The number of rotatable bonds is 6. The van der Waals surface area contributed by atoms with Gasteiger partial charge in [-0.3, -0.25) is 9.59 Å². The smallest absolute Gasteiger partial charge is 0.309 e. The fourth-order valence-corrected chi connectivity index (χ4v) is 2.76. The van der Waals surface area contributed by atoms with E-state index in [1.165, 1.54) is 7.11 Å². The number of carbonyl (C=O) groups is 2. The molecule has 6 heteroatoms. The van der Waals surface area contributed by atoms with Crippen LogP contribution in [0.1, 0.15) is 18.0 Å². The third-order valence-electron chi connectivity index (χ3n) is 3.74. The van der Waals surface area contributed by atoms with Crippen molar-refractivity contribution in [2.75, 3.05) is 27.4 Å². The van der Waals surface area contributed by atoms with Crippen LogP contribution in [-0.2, 0) is 14.3 Å². The Bertz CT molecular complexity index is 531. The number of benzene rings is 1. The van der Waals surface area contributed by atoms with Crippen LogP contribution in [0.25, 0.3) is 0 Å². The van der Waals surface area contributed by atoms with Crippen LogP contribution in [-0.4, -0.2) is 49.3 Å². The fraction of sp³-hybridized carbons (Fsp3) is 0.467. The molecule has 0 spiro atoms. The summed E-state index contributed by atoms with van der Waals surface area (Å²) in [5.41, 5.74) is 0.717. The highest BCUT2D eigenvalue weighted by atomic mass is 16.5. The average molecular weight is 293 g/mol. The predicted octanol–water partition coefficient (Wildman–Crippen LogP) is 1.32. The highest BCUT2D eigenvalue weighted by Gasteiger charge is 2.45. The minimum Gasteiger partial charge on any atom is -0.496 e. The summed E-state index contributed by atoms with van der Waals surface area (Å²) in [6.45, 7) is 0.728. The van der Waals surface area contributed by atoms with Crippen molar-refractivity contribution in [3.63, 3.8) is 0 Å². The lowest BCUT2D eigenvalue weighted by molar-refractivity contribution is -0.142. The Labute approximate surface area is 123 Å². The highest BCUT2D eigenvalue weighted by molar-refractivity contribution is 5.87. The van der Waals surface area contributed by atoms with Crippen LogP contribution in [0.3, 0.4) is 0 Å². The molecule has 6 nitrogen and oxygen atoms in total. The molecule has 114 valence electrons. The first-order chi connectivity index (χ1) is 10.1. The van der Waals surface area contributed by atoms with Crippen LogP contribution in [0.5, 0.6) is 5.75 Å². The van der Waals surface area contributed by atoms with E-state index in [0.717, 1.165) is 0 Å². The molecule has 1 N–H and O–H groups in total. The average Bonchev–Trinajstić information content (AvgIpc) is 2.82. The lowest BCUT2D eigenvalue weighted by Gasteiger charge is -2.28. The van der Waals surface area contributed by atoms with Crippen molar-refractivity contribution < 1.29 is 24.2 Å². The molecule has 0 unspecified atom stereocenters. The first kappa shape index (κ1) is 15.3. The van der Waals surface area contributed by atoms with Crippen molar-refractivity contribution in [3.8, 4) is 5.75 Å². The van der Waals surface area contributed by atoms with Gasteiger partial charge in [-0.2, -0.15) is 0 Å². The van der Waals surface area contributed by atoms with Crippen LogP contribution in [0.4, 0.5) is 0 Å². The Balaban J connectivity index is 2.41. The Morgan fingerprint density at radius 2 is 2.10 bits per heavy atom. The standard InChI is InChI=1S/C15H19NO5/c1-20-8-7-16-13(17)9-11(15(18)19)14(16)10-5-3-4-6-12(10)21-2/h3-6,11,14H,7-9H2,1-2H3,(H,18,19)/t11-,14+/m1/s1. The summed E-state index contributed by atoms with van der Waals surface area (Å²) in [6.07, 6.45) is 0.00175. The molecule has 1 saturated heterocycles. The van der Waals surface area contributed by atoms with Crippen molar-refractivity contribution in [1.82, 2.24) is 4.90 Å². The van der Waals surface area contributed by atoms with E-state index in [1.54, 1.807) is 24.1 Å². The number of methoxy groups -OCH3 is 2.